The number of hydrogen-bond donors (Lipinski definition) is 3. The first-order valence-electron chi connectivity index (χ1n) is 10.6. The molecule has 1 aromatic heterocycles. The van der Waals surface area contributed by atoms with Crippen molar-refractivity contribution in [1.29, 1.82) is 0 Å². The summed E-state index contributed by atoms with van der Waals surface area (Å²) < 4.78 is 5.40. The second-order valence-electron chi connectivity index (χ2n) is 7.62. The first-order chi connectivity index (χ1) is 15.8. The monoisotopic (exact) mass is 474 g/mol. The van der Waals surface area contributed by atoms with Gasteiger partial charge >= 0.3 is 6.09 Å². The summed E-state index contributed by atoms with van der Waals surface area (Å²) in [4.78, 5) is 49.9. The molecule has 1 heterocycles. The Kier molecular flexibility index (Phi) is 10.4. The van der Waals surface area contributed by atoms with Gasteiger partial charge in [-0.3, -0.25) is 14.4 Å². The maximum Gasteiger partial charge on any atom is 0.410 e. The third kappa shape index (κ3) is 8.57. The average Bonchev–Trinajstić information content (AvgIpc) is 3.31. The van der Waals surface area contributed by atoms with Crippen molar-refractivity contribution in [2.45, 2.75) is 40.0 Å². The second kappa shape index (κ2) is 13.2. The number of rotatable bonds is 12. The normalized spacial score (nSPS) is 11.4. The van der Waals surface area contributed by atoms with Gasteiger partial charge in [-0.1, -0.05) is 32.0 Å². The van der Waals surface area contributed by atoms with Gasteiger partial charge in [-0.2, -0.15) is 0 Å². The summed E-state index contributed by atoms with van der Waals surface area (Å²) in [5, 5.41) is 9.60. The van der Waals surface area contributed by atoms with Gasteiger partial charge in [0.1, 0.15) is 12.6 Å². The molecule has 4 amide bonds. The molecule has 0 aliphatic carbocycles. The zero-order chi connectivity index (χ0) is 24.2. The van der Waals surface area contributed by atoms with Crippen molar-refractivity contribution in [1.82, 2.24) is 15.5 Å². The zero-order valence-corrected chi connectivity index (χ0v) is 19.8. The topological polar surface area (TPSA) is 117 Å². The van der Waals surface area contributed by atoms with E-state index in [-0.39, 0.29) is 25.2 Å². The van der Waals surface area contributed by atoms with Gasteiger partial charge in [-0.15, -0.1) is 11.3 Å². The predicted octanol–water partition coefficient (Wildman–Crippen LogP) is 2.73. The summed E-state index contributed by atoms with van der Waals surface area (Å²) in [5.74, 6) is -0.937. The lowest BCUT2D eigenvalue weighted by Gasteiger charge is -2.19. The molecule has 0 bridgehead atoms. The highest BCUT2D eigenvalue weighted by molar-refractivity contribution is 7.09. The number of carbonyl (C=O) groups is 4. The van der Waals surface area contributed by atoms with Gasteiger partial charge in [0.05, 0.1) is 13.1 Å². The Labute approximate surface area is 197 Å². The van der Waals surface area contributed by atoms with E-state index in [2.05, 4.69) is 16.0 Å². The van der Waals surface area contributed by atoms with Crippen LogP contribution in [-0.4, -0.2) is 48.3 Å². The number of nitrogens with one attached hydrogen (secondary N) is 3. The highest BCUT2D eigenvalue weighted by Gasteiger charge is 2.21. The lowest BCUT2D eigenvalue weighted by molar-refractivity contribution is -0.128. The Hall–Kier alpha value is -3.40. The Bertz CT molecular complexity index is 915. The molecule has 2 aromatic rings. The van der Waals surface area contributed by atoms with Crippen LogP contribution >= 0.6 is 11.3 Å². The van der Waals surface area contributed by atoms with Crippen molar-refractivity contribution in [2.24, 2.45) is 5.92 Å². The molecule has 0 spiro atoms. The van der Waals surface area contributed by atoms with Crippen molar-refractivity contribution >= 4 is 41.3 Å². The van der Waals surface area contributed by atoms with Gasteiger partial charge in [-0.25, -0.2) is 4.79 Å². The van der Waals surface area contributed by atoms with Gasteiger partial charge < -0.3 is 25.6 Å². The van der Waals surface area contributed by atoms with E-state index in [0.29, 0.717) is 25.2 Å². The van der Waals surface area contributed by atoms with E-state index in [4.69, 9.17) is 4.74 Å². The molecule has 0 fully saturated rings. The van der Waals surface area contributed by atoms with Crippen LogP contribution in [-0.2, 0) is 32.3 Å². The molecule has 0 aliphatic heterocycles. The van der Waals surface area contributed by atoms with Crippen LogP contribution in [0, 0.1) is 5.92 Å². The molecule has 0 radical (unpaired) electrons. The van der Waals surface area contributed by atoms with E-state index in [1.54, 1.807) is 54.3 Å². The van der Waals surface area contributed by atoms with E-state index >= 15 is 0 Å². The Morgan fingerprint density at radius 3 is 2.45 bits per heavy atom. The van der Waals surface area contributed by atoms with Crippen LogP contribution in [0.3, 0.4) is 0 Å². The first-order valence-corrected chi connectivity index (χ1v) is 11.5. The summed E-state index contributed by atoms with van der Waals surface area (Å²) >= 11 is 1.59. The van der Waals surface area contributed by atoms with Gasteiger partial charge in [0.2, 0.25) is 18.2 Å². The molecular weight excluding hydrogens is 444 g/mol. The molecule has 3 N–H and O–H groups in total. The largest absolute Gasteiger partial charge is 0.445 e. The van der Waals surface area contributed by atoms with Crippen LogP contribution < -0.4 is 16.0 Å². The fourth-order valence-corrected chi connectivity index (χ4v) is 3.66. The molecule has 0 aliphatic rings. The lowest BCUT2D eigenvalue weighted by Crippen LogP contribution is -2.48. The smallest absolute Gasteiger partial charge is 0.410 e. The summed E-state index contributed by atoms with van der Waals surface area (Å²) in [6.45, 7) is 6.44. The van der Waals surface area contributed by atoms with E-state index in [1.165, 1.54) is 0 Å². The highest BCUT2D eigenvalue weighted by atomic mass is 32.1. The molecule has 1 atom stereocenters. The third-order valence-corrected chi connectivity index (χ3v) is 5.65. The fraction of sp³-hybridized carbons (Fsp3) is 0.391. The van der Waals surface area contributed by atoms with Gasteiger partial charge in [0.25, 0.3) is 0 Å². The molecule has 33 heavy (non-hydrogen) atoms. The van der Waals surface area contributed by atoms with E-state index in [0.717, 1.165) is 10.4 Å². The van der Waals surface area contributed by atoms with Crippen LogP contribution in [0.2, 0.25) is 0 Å². The molecule has 1 unspecified atom stereocenters. The van der Waals surface area contributed by atoms with Crippen molar-refractivity contribution < 1.29 is 23.9 Å². The summed E-state index contributed by atoms with van der Waals surface area (Å²) in [5.41, 5.74) is 1.32. The number of amides is 4. The summed E-state index contributed by atoms with van der Waals surface area (Å²) in [7, 11) is 0. The molecule has 2 rings (SSSR count). The number of benzene rings is 1. The van der Waals surface area contributed by atoms with E-state index < -0.39 is 17.9 Å². The number of thiophene rings is 1. The number of ether oxygens (including phenoxy) is 1. The van der Waals surface area contributed by atoms with E-state index in [9.17, 15) is 19.2 Å². The standard InChI is InChI=1S/C23H30N4O5S/c1-4-27(13-19-6-5-11-33-19)23(31)32-14-17-7-9-18(10-8-17)26-20(29)12-24-22(30)21(16(2)3)25-15-28/h5-11,15-16,21H,4,12-14H2,1-3H3,(H,24,30)(H,25,28)(H,26,29). The summed E-state index contributed by atoms with van der Waals surface area (Å²) in [6.07, 6.45) is 0.0787. The molecule has 178 valence electrons. The minimum Gasteiger partial charge on any atom is -0.445 e. The fourth-order valence-electron chi connectivity index (χ4n) is 2.94. The molecule has 0 saturated carbocycles. The van der Waals surface area contributed by atoms with Crippen molar-refractivity contribution in [2.75, 3.05) is 18.4 Å². The maximum absolute atomic E-state index is 12.3. The number of hydrogen-bond acceptors (Lipinski definition) is 6. The predicted molar refractivity (Wildman–Crippen MR) is 126 cm³/mol. The van der Waals surface area contributed by atoms with Crippen molar-refractivity contribution in [3.05, 3.63) is 52.2 Å². The van der Waals surface area contributed by atoms with E-state index in [1.807, 2.05) is 24.4 Å². The molecule has 0 saturated heterocycles. The first kappa shape index (κ1) is 25.9. The van der Waals surface area contributed by atoms with Crippen molar-refractivity contribution in [3.63, 3.8) is 0 Å². The Morgan fingerprint density at radius 2 is 1.88 bits per heavy atom. The lowest BCUT2D eigenvalue weighted by atomic mass is 10.0. The Morgan fingerprint density at radius 1 is 1.15 bits per heavy atom. The minimum atomic E-state index is -0.703. The second-order valence-corrected chi connectivity index (χ2v) is 8.65. The van der Waals surface area contributed by atoms with Crippen LogP contribution in [0.25, 0.3) is 0 Å². The van der Waals surface area contributed by atoms with Gasteiger partial charge in [0, 0.05) is 17.1 Å². The van der Waals surface area contributed by atoms with Crippen LogP contribution in [0.15, 0.2) is 41.8 Å². The van der Waals surface area contributed by atoms with Gasteiger partial charge in [-0.05, 0) is 42.0 Å². The third-order valence-electron chi connectivity index (χ3n) is 4.79. The highest BCUT2D eigenvalue weighted by Crippen LogP contribution is 2.14. The van der Waals surface area contributed by atoms with Crippen molar-refractivity contribution in [3.8, 4) is 0 Å². The molecular formula is C23H30N4O5S. The average molecular weight is 475 g/mol. The number of carbonyl (C=O) groups excluding carboxylic acids is 4. The Balaban J connectivity index is 1.78. The molecule has 9 nitrogen and oxygen atoms in total. The SMILES string of the molecule is CCN(Cc1cccs1)C(=O)OCc1ccc(NC(=O)CNC(=O)C(NC=O)C(C)C)cc1. The van der Waals surface area contributed by atoms with Crippen LogP contribution in [0.1, 0.15) is 31.2 Å². The van der Waals surface area contributed by atoms with Crippen LogP contribution in [0.4, 0.5) is 10.5 Å². The molecule has 1 aromatic carbocycles. The maximum atomic E-state index is 12.3. The number of nitrogens with zero attached hydrogens (tertiary/aromatic N) is 1. The zero-order valence-electron chi connectivity index (χ0n) is 19.0. The summed E-state index contributed by atoms with van der Waals surface area (Å²) in [6, 6.07) is 10.1. The molecule has 10 heteroatoms. The van der Waals surface area contributed by atoms with Crippen LogP contribution in [0.5, 0.6) is 0 Å². The van der Waals surface area contributed by atoms with Gasteiger partial charge in [0.15, 0.2) is 0 Å². The minimum absolute atomic E-state index is 0.111. The number of anilines is 1. The quantitative estimate of drug-likeness (QED) is 0.409.